The molecule has 0 radical (unpaired) electrons. The van der Waals surface area contributed by atoms with Gasteiger partial charge in [-0.15, -0.1) is 22.7 Å². The molecule has 0 aliphatic rings. The van der Waals surface area contributed by atoms with Gasteiger partial charge in [-0.3, -0.25) is 14.2 Å². The second-order valence-electron chi connectivity index (χ2n) is 6.33. The molecule has 4 rings (SSSR count). The minimum atomic E-state index is -0.251. The number of carbonyl (C=O) groups is 1. The van der Waals surface area contributed by atoms with Crippen LogP contribution in [-0.2, 0) is 11.3 Å². The third-order valence-electron chi connectivity index (χ3n) is 4.41. The molecular formula is C20H16ClN3O2S2. The molecule has 5 nitrogen and oxygen atoms in total. The first kappa shape index (κ1) is 18.9. The molecule has 1 aromatic carbocycles. The Bertz CT molecular complexity index is 1180. The van der Waals surface area contributed by atoms with Gasteiger partial charge in [-0.05, 0) is 36.1 Å². The fourth-order valence-corrected chi connectivity index (χ4v) is 4.82. The van der Waals surface area contributed by atoms with E-state index in [4.69, 9.17) is 11.6 Å². The van der Waals surface area contributed by atoms with Gasteiger partial charge in [0, 0.05) is 20.8 Å². The van der Waals surface area contributed by atoms with E-state index >= 15 is 0 Å². The van der Waals surface area contributed by atoms with E-state index in [-0.39, 0.29) is 24.1 Å². The monoisotopic (exact) mass is 429 g/mol. The van der Waals surface area contributed by atoms with Crippen molar-refractivity contribution in [3.8, 4) is 10.4 Å². The fourth-order valence-electron chi connectivity index (χ4n) is 2.97. The SMILES string of the molecule is CC(NC(=O)Cn1cnc2scc(-c3cccs3)c2c1=O)c1ccc(Cl)cc1. The van der Waals surface area contributed by atoms with E-state index in [9.17, 15) is 9.59 Å². The van der Waals surface area contributed by atoms with Crippen LogP contribution in [0.2, 0.25) is 5.02 Å². The van der Waals surface area contributed by atoms with Gasteiger partial charge >= 0.3 is 0 Å². The van der Waals surface area contributed by atoms with Crippen LogP contribution in [0.3, 0.4) is 0 Å². The molecule has 1 atom stereocenters. The van der Waals surface area contributed by atoms with E-state index in [0.29, 0.717) is 15.2 Å². The van der Waals surface area contributed by atoms with Crippen molar-refractivity contribution in [3.63, 3.8) is 0 Å². The Labute approximate surface area is 174 Å². The summed E-state index contributed by atoms with van der Waals surface area (Å²) in [5, 5.41) is 8.03. The largest absolute Gasteiger partial charge is 0.348 e. The topological polar surface area (TPSA) is 64.0 Å². The molecule has 3 heterocycles. The quantitative estimate of drug-likeness (QED) is 0.499. The zero-order chi connectivity index (χ0) is 19.7. The summed E-state index contributed by atoms with van der Waals surface area (Å²) in [5.74, 6) is -0.251. The van der Waals surface area contributed by atoms with Crippen LogP contribution in [0.5, 0.6) is 0 Å². The van der Waals surface area contributed by atoms with Gasteiger partial charge in [0.15, 0.2) is 0 Å². The molecule has 28 heavy (non-hydrogen) atoms. The van der Waals surface area contributed by atoms with Crippen molar-refractivity contribution in [2.75, 3.05) is 0 Å². The standard InChI is InChI=1S/C20H16ClN3O2S2/c1-12(13-4-6-14(21)7-5-13)23-17(25)9-24-11-22-19-18(20(24)26)15(10-28-19)16-3-2-8-27-16/h2-8,10-12H,9H2,1H3,(H,23,25). The van der Waals surface area contributed by atoms with Crippen molar-refractivity contribution in [3.05, 3.63) is 74.4 Å². The first-order valence-electron chi connectivity index (χ1n) is 8.58. The number of halogens is 1. The summed E-state index contributed by atoms with van der Waals surface area (Å²) in [6, 6.07) is 11.0. The highest BCUT2D eigenvalue weighted by molar-refractivity contribution is 7.18. The molecule has 1 unspecified atom stereocenters. The number of hydrogen-bond donors (Lipinski definition) is 1. The van der Waals surface area contributed by atoms with Gasteiger partial charge in [0.25, 0.3) is 5.56 Å². The number of aromatic nitrogens is 2. The first-order valence-corrected chi connectivity index (χ1v) is 10.7. The number of benzene rings is 1. The summed E-state index contributed by atoms with van der Waals surface area (Å²) in [7, 11) is 0. The molecule has 1 N–H and O–H groups in total. The zero-order valence-corrected chi connectivity index (χ0v) is 17.3. The van der Waals surface area contributed by atoms with E-state index in [2.05, 4.69) is 10.3 Å². The number of nitrogens with one attached hydrogen (secondary N) is 1. The average Bonchev–Trinajstić information content (AvgIpc) is 3.34. The number of nitrogens with zero attached hydrogens (tertiary/aromatic N) is 2. The third kappa shape index (κ3) is 3.73. The number of carbonyl (C=O) groups excluding carboxylic acids is 1. The molecule has 1 amide bonds. The highest BCUT2D eigenvalue weighted by Gasteiger charge is 2.16. The number of rotatable bonds is 5. The lowest BCUT2D eigenvalue weighted by Gasteiger charge is -2.15. The lowest BCUT2D eigenvalue weighted by Crippen LogP contribution is -2.33. The van der Waals surface area contributed by atoms with E-state index in [1.165, 1.54) is 22.2 Å². The molecule has 0 spiro atoms. The summed E-state index contributed by atoms with van der Waals surface area (Å²) < 4.78 is 1.36. The second-order valence-corrected chi connectivity index (χ2v) is 8.57. The highest BCUT2D eigenvalue weighted by Crippen LogP contribution is 2.33. The second kappa shape index (κ2) is 7.87. The highest BCUT2D eigenvalue weighted by atomic mass is 35.5. The Morgan fingerprint density at radius 3 is 2.75 bits per heavy atom. The summed E-state index contributed by atoms with van der Waals surface area (Å²) in [6.45, 7) is 1.80. The molecule has 4 aromatic rings. The van der Waals surface area contributed by atoms with E-state index in [1.54, 1.807) is 23.5 Å². The van der Waals surface area contributed by atoms with Crippen molar-refractivity contribution in [1.82, 2.24) is 14.9 Å². The Hall–Kier alpha value is -2.48. The Balaban J connectivity index is 1.57. The van der Waals surface area contributed by atoms with E-state index in [0.717, 1.165) is 16.0 Å². The summed E-state index contributed by atoms with van der Waals surface area (Å²) in [6.07, 6.45) is 1.44. The van der Waals surface area contributed by atoms with Crippen LogP contribution in [0.15, 0.2) is 58.3 Å². The molecule has 0 aliphatic carbocycles. The van der Waals surface area contributed by atoms with Gasteiger partial charge in [0.1, 0.15) is 11.4 Å². The van der Waals surface area contributed by atoms with Crippen molar-refractivity contribution in [2.24, 2.45) is 0 Å². The van der Waals surface area contributed by atoms with Crippen LogP contribution in [0, 0.1) is 0 Å². The maximum atomic E-state index is 13.0. The van der Waals surface area contributed by atoms with Crippen molar-refractivity contribution in [2.45, 2.75) is 19.5 Å². The third-order valence-corrected chi connectivity index (χ3v) is 6.45. The molecule has 0 saturated carbocycles. The first-order chi connectivity index (χ1) is 13.5. The maximum Gasteiger partial charge on any atom is 0.263 e. The number of thiophene rings is 2. The molecular weight excluding hydrogens is 414 g/mol. The van der Waals surface area contributed by atoms with Crippen LogP contribution in [0.1, 0.15) is 18.5 Å². The normalized spacial score (nSPS) is 12.2. The van der Waals surface area contributed by atoms with Gasteiger partial charge < -0.3 is 5.32 Å². The zero-order valence-electron chi connectivity index (χ0n) is 14.9. The van der Waals surface area contributed by atoms with Gasteiger partial charge in [-0.25, -0.2) is 4.98 Å². The number of amides is 1. The lowest BCUT2D eigenvalue weighted by molar-refractivity contribution is -0.122. The molecule has 0 aliphatic heterocycles. The van der Waals surface area contributed by atoms with E-state index in [1.807, 2.05) is 41.9 Å². The smallest absolute Gasteiger partial charge is 0.263 e. The van der Waals surface area contributed by atoms with Crippen LogP contribution in [-0.4, -0.2) is 15.5 Å². The van der Waals surface area contributed by atoms with Crippen molar-refractivity contribution in [1.29, 1.82) is 0 Å². The molecule has 0 fully saturated rings. The predicted molar refractivity (Wildman–Crippen MR) is 115 cm³/mol. The van der Waals surface area contributed by atoms with Crippen molar-refractivity contribution < 1.29 is 4.79 Å². The Kier molecular flexibility index (Phi) is 5.30. The Morgan fingerprint density at radius 1 is 1.25 bits per heavy atom. The molecule has 142 valence electrons. The minimum absolute atomic E-state index is 0.0839. The number of fused-ring (bicyclic) bond motifs is 1. The summed E-state index contributed by atoms with van der Waals surface area (Å²) >= 11 is 8.91. The van der Waals surface area contributed by atoms with Crippen molar-refractivity contribution >= 4 is 50.4 Å². The molecule has 3 aromatic heterocycles. The van der Waals surface area contributed by atoms with Crippen LogP contribution in [0.4, 0.5) is 0 Å². The Morgan fingerprint density at radius 2 is 2.04 bits per heavy atom. The van der Waals surface area contributed by atoms with Gasteiger partial charge in [0.2, 0.25) is 5.91 Å². The predicted octanol–water partition coefficient (Wildman–Crippen LogP) is 4.72. The lowest BCUT2D eigenvalue weighted by atomic mass is 10.1. The summed E-state index contributed by atoms with van der Waals surface area (Å²) in [4.78, 5) is 31.5. The maximum absolute atomic E-state index is 13.0. The van der Waals surface area contributed by atoms with Crippen LogP contribution in [0.25, 0.3) is 20.7 Å². The van der Waals surface area contributed by atoms with Gasteiger partial charge in [-0.1, -0.05) is 29.8 Å². The molecule has 0 saturated heterocycles. The van der Waals surface area contributed by atoms with Gasteiger partial charge in [-0.2, -0.15) is 0 Å². The van der Waals surface area contributed by atoms with E-state index < -0.39 is 0 Å². The fraction of sp³-hybridized carbons (Fsp3) is 0.150. The average molecular weight is 430 g/mol. The molecule has 8 heteroatoms. The van der Waals surface area contributed by atoms with Crippen LogP contribution >= 0.6 is 34.3 Å². The number of hydrogen-bond acceptors (Lipinski definition) is 5. The minimum Gasteiger partial charge on any atom is -0.348 e. The van der Waals surface area contributed by atoms with Crippen LogP contribution < -0.4 is 10.9 Å². The summed E-state index contributed by atoms with van der Waals surface area (Å²) in [5.41, 5.74) is 1.61. The molecule has 0 bridgehead atoms. The van der Waals surface area contributed by atoms with Gasteiger partial charge in [0.05, 0.1) is 17.8 Å².